The van der Waals surface area contributed by atoms with E-state index in [2.05, 4.69) is 15.9 Å². The lowest BCUT2D eigenvalue weighted by Crippen LogP contribution is -1.97. The normalized spacial score (nSPS) is 9.38. The first-order valence-electron chi connectivity index (χ1n) is 3.77. The van der Waals surface area contributed by atoms with E-state index in [1.54, 1.807) is 12.1 Å². The fourth-order valence-electron chi connectivity index (χ4n) is 1.11. The van der Waals surface area contributed by atoms with Gasteiger partial charge in [-0.15, -0.1) is 0 Å². The Kier molecular flexibility index (Phi) is 2.84. The van der Waals surface area contributed by atoms with Crippen molar-refractivity contribution in [2.45, 2.75) is 13.8 Å². The van der Waals surface area contributed by atoms with E-state index in [1.807, 2.05) is 13.0 Å². The Bertz CT molecular complexity index is 404. The third-order valence-electron chi connectivity index (χ3n) is 1.85. The van der Waals surface area contributed by atoms with E-state index in [1.165, 1.54) is 6.92 Å². The molecule has 0 spiro atoms. The van der Waals surface area contributed by atoms with Crippen LogP contribution in [0, 0.1) is 18.3 Å². The maximum Gasteiger partial charge on any atom is 0.160 e. The van der Waals surface area contributed by atoms with Gasteiger partial charge in [-0.25, -0.2) is 0 Å². The van der Waals surface area contributed by atoms with Crippen LogP contribution in [-0.4, -0.2) is 5.78 Å². The van der Waals surface area contributed by atoms with Gasteiger partial charge in [0.2, 0.25) is 0 Å². The number of ketones is 1. The summed E-state index contributed by atoms with van der Waals surface area (Å²) in [5, 5.41) is 8.68. The number of nitriles is 1. The molecule has 0 saturated carbocycles. The van der Waals surface area contributed by atoms with Crippen LogP contribution in [0.5, 0.6) is 0 Å². The fourth-order valence-corrected chi connectivity index (χ4v) is 1.57. The molecular formula is C10H8BrNO. The van der Waals surface area contributed by atoms with E-state index in [0.29, 0.717) is 11.1 Å². The van der Waals surface area contributed by atoms with Crippen LogP contribution >= 0.6 is 15.9 Å². The number of rotatable bonds is 1. The molecule has 13 heavy (non-hydrogen) atoms. The summed E-state index contributed by atoms with van der Waals surface area (Å²) in [6.45, 7) is 3.35. The summed E-state index contributed by atoms with van der Waals surface area (Å²) in [4.78, 5) is 11.2. The van der Waals surface area contributed by atoms with E-state index in [9.17, 15) is 4.79 Å². The van der Waals surface area contributed by atoms with Crippen LogP contribution in [0.3, 0.4) is 0 Å². The lowest BCUT2D eigenvalue weighted by molar-refractivity contribution is 0.101. The predicted molar refractivity (Wildman–Crippen MR) is 53.6 cm³/mol. The maximum absolute atomic E-state index is 11.2. The van der Waals surface area contributed by atoms with Gasteiger partial charge < -0.3 is 0 Å². The van der Waals surface area contributed by atoms with Gasteiger partial charge in [0.1, 0.15) is 0 Å². The second-order valence-corrected chi connectivity index (χ2v) is 3.65. The van der Waals surface area contributed by atoms with Crippen LogP contribution < -0.4 is 0 Å². The molecule has 0 amide bonds. The highest BCUT2D eigenvalue weighted by Crippen LogP contribution is 2.22. The summed E-state index contributed by atoms with van der Waals surface area (Å²) >= 11 is 3.30. The van der Waals surface area contributed by atoms with Gasteiger partial charge in [-0.2, -0.15) is 5.26 Å². The molecular weight excluding hydrogens is 230 g/mol. The number of hydrogen-bond donors (Lipinski definition) is 0. The van der Waals surface area contributed by atoms with Crippen LogP contribution in [0.1, 0.15) is 28.4 Å². The molecule has 0 N–H and O–H groups in total. The molecule has 0 aliphatic carbocycles. The number of nitrogens with zero attached hydrogens (tertiary/aromatic N) is 1. The molecule has 0 unspecified atom stereocenters. The lowest BCUT2D eigenvalue weighted by Gasteiger charge is -2.04. The quantitative estimate of drug-likeness (QED) is 0.706. The van der Waals surface area contributed by atoms with Crippen molar-refractivity contribution in [3.63, 3.8) is 0 Å². The highest BCUT2D eigenvalue weighted by Gasteiger charge is 2.08. The van der Waals surface area contributed by atoms with Gasteiger partial charge in [0.15, 0.2) is 5.78 Å². The molecule has 3 heteroatoms. The molecule has 0 aliphatic heterocycles. The van der Waals surface area contributed by atoms with Gasteiger partial charge in [0.05, 0.1) is 11.6 Å². The van der Waals surface area contributed by atoms with Crippen molar-refractivity contribution in [2.75, 3.05) is 0 Å². The van der Waals surface area contributed by atoms with Crippen molar-refractivity contribution < 1.29 is 4.79 Å². The predicted octanol–water partition coefficient (Wildman–Crippen LogP) is 2.83. The van der Waals surface area contributed by atoms with Gasteiger partial charge in [-0.05, 0) is 31.5 Å². The number of hydrogen-bond acceptors (Lipinski definition) is 2. The number of benzene rings is 1. The van der Waals surface area contributed by atoms with E-state index in [4.69, 9.17) is 5.26 Å². The number of carbonyl (C=O) groups is 1. The number of Topliss-reactive ketones (excluding diaryl/α,β-unsaturated/α-hetero) is 1. The number of halogens is 1. The minimum absolute atomic E-state index is 0.0182. The topological polar surface area (TPSA) is 40.9 Å². The Labute approximate surface area is 85.3 Å². The first-order valence-corrected chi connectivity index (χ1v) is 4.56. The van der Waals surface area contributed by atoms with Crippen molar-refractivity contribution in [1.29, 1.82) is 5.26 Å². The van der Waals surface area contributed by atoms with Crippen molar-refractivity contribution in [1.82, 2.24) is 0 Å². The second kappa shape index (κ2) is 3.71. The van der Waals surface area contributed by atoms with Crippen LogP contribution in [0.4, 0.5) is 0 Å². The van der Waals surface area contributed by atoms with Crippen molar-refractivity contribution in [3.05, 3.63) is 33.3 Å². The van der Waals surface area contributed by atoms with E-state index < -0.39 is 0 Å². The van der Waals surface area contributed by atoms with Gasteiger partial charge in [0.25, 0.3) is 0 Å². The fraction of sp³-hybridized carbons (Fsp3) is 0.200. The highest BCUT2D eigenvalue weighted by molar-refractivity contribution is 9.10. The minimum atomic E-state index is -0.0182. The molecule has 66 valence electrons. The Morgan fingerprint density at radius 1 is 1.54 bits per heavy atom. The zero-order chi connectivity index (χ0) is 10.0. The first kappa shape index (κ1) is 9.94. The Hall–Kier alpha value is -1.14. The monoisotopic (exact) mass is 237 g/mol. The van der Waals surface area contributed by atoms with Crippen LogP contribution in [0.2, 0.25) is 0 Å². The molecule has 0 bridgehead atoms. The van der Waals surface area contributed by atoms with Crippen LogP contribution in [0.25, 0.3) is 0 Å². The Morgan fingerprint density at radius 2 is 2.15 bits per heavy atom. The van der Waals surface area contributed by atoms with Crippen molar-refractivity contribution >= 4 is 21.7 Å². The Balaban J connectivity index is 3.44. The zero-order valence-electron chi connectivity index (χ0n) is 7.39. The SMILES string of the molecule is CC(=O)c1cc(C#N)cc(Br)c1C. The van der Waals surface area contributed by atoms with Gasteiger partial charge in [-0.3, -0.25) is 4.79 Å². The number of carbonyl (C=O) groups excluding carboxylic acids is 1. The first-order chi connectivity index (χ1) is 6.06. The molecule has 0 aliphatic rings. The van der Waals surface area contributed by atoms with Crippen molar-refractivity contribution in [2.24, 2.45) is 0 Å². The molecule has 0 atom stereocenters. The molecule has 0 fully saturated rings. The van der Waals surface area contributed by atoms with Crippen molar-refractivity contribution in [3.8, 4) is 6.07 Å². The molecule has 1 aromatic rings. The third kappa shape index (κ3) is 1.96. The van der Waals surface area contributed by atoms with E-state index in [-0.39, 0.29) is 5.78 Å². The largest absolute Gasteiger partial charge is 0.294 e. The maximum atomic E-state index is 11.2. The zero-order valence-corrected chi connectivity index (χ0v) is 8.97. The Morgan fingerprint density at radius 3 is 2.62 bits per heavy atom. The lowest BCUT2D eigenvalue weighted by atomic mass is 10.0. The molecule has 0 saturated heterocycles. The summed E-state index contributed by atoms with van der Waals surface area (Å²) in [5.41, 5.74) is 1.99. The second-order valence-electron chi connectivity index (χ2n) is 2.80. The summed E-state index contributed by atoms with van der Waals surface area (Å²) in [5.74, 6) is -0.0182. The van der Waals surface area contributed by atoms with E-state index in [0.717, 1.165) is 10.0 Å². The summed E-state index contributed by atoms with van der Waals surface area (Å²) in [6.07, 6.45) is 0. The van der Waals surface area contributed by atoms with Gasteiger partial charge >= 0.3 is 0 Å². The molecule has 1 rings (SSSR count). The van der Waals surface area contributed by atoms with Gasteiger partial charge in [0, 0.05) is 10.0 Å². The summed E-state index contributed by atoms with van der Waals surface area (Å²) < 4.78 is 0.803. The summed E-state index contributed by atoms with van der Waals surface area (Å²) in [6, 6.07) is 5.33. The molecule has 1 aromatic carbocycles. The molecule has 0 radical (unpaired) electrons. The average molecular weight is 238 g/mol. The summed E-state index contributed by atoms with van der Waals surface area (Å²) in [7, 11) is 0. The van der Waals surface area contributed by atoms with Crippen LogP contribution in [-0.2, 0) is 0 Å². The smallest absolute Gasteiger partial charge is 0.160 e. The average Bonchev–Trinajstić information content (AvgIpc) is 2.09. The third-order valence-corrected chi connectivity index (χ3v) is 2.68. The molecule has 2 nitrogen and oxygen atoms in total. The standard InChI is InChI=1S/C10H8BrNO/c1-6-9(7(2)13)3-8(5-12)4-10(6)11/h3-4H,1-2H3. The van der Waals surface area contributed by atoms with Crippen LogP contribution in [0.15, 0.2) is 16.6 Å². The van der Waals surface area contributed by atoms with Gasteiger partial charge in [-0.1, -0.05) is 15.9 Å². The highest BCUT2D eigenvalue weighted by atomic mass is 79.9. The van der Waals surface area contributed by atoms with E-state index >= 15 is 0 Å². The minimum Gasteiger partial charge on any atom is -0.294 e. The molecule has 0 heterocycles. The molecule has 0 aromatic heterocycles.